The molecule has 0 atom stereocenters. The fourth-order valence-electron chi connectivity index (χ4n) is 2.46. The van der Waals surface area contributed by atoms with Gasteiger partial charge in [-0.25, -0.2) is 0 Å². The maximum atomic E-state index is 12.4. The van der Waals surface area contributed by atoms with E-state index in [-0.39, 0.29) is 5.78 Å². The van der Waals surface area contributed by atoms with Crippen molar-refractivity contribution in [3.8, 4) is 22.8 Å². The lowest BCUT2D eigenvalue weighted by Gasteiger charge is -2.07. The second-order valence-electron chi connectivity index (χ2n) is 5.48. The van der Waals surface area contributed by atoms with Gasteiger partial charge >= 0.3 is 0 Å². The zero-order valence-electron chi connectivity index (χ0n) is 14.4. The van der Waals surface area contributed by atoms with E-state index in [9.17, 15) is 4.79 Å². The number of ketones is 1. The van der Waals surface area contributed by atoms with Crippen molar-refractivity contribution < 1.29 is 18.7 Å². The van der Waals surface area contributed by atoms with Crippen molar-refractivity contribution in [1.82, 2.24) is 0 Å². The Morgan fingerprint density at radius 2 is 1.69 bits per heavy atom. The van der Waals surface area contributed by atoms with E-state index in [0.717, 1.165) is 15.8 Å². The van der Waals surface area contributed by atoms with Crippen LogP contribution in [0, 0.1) is 0 Å². The van der Waals surface area contributed by atoms with Crippen LogP contribution in [0.5, 0.6) is 11.5 Å². The molecule has 0 unspecified atom stereocenters. The monoisotopic (exact) mass is 412 g/mol. The third-order valence-corrected chi connectivity index (χ3v) is 4.35. The van der Waals surface area contributed by atoms with E-state index in [4.69, 9.17) is 13.9 Å². The largest absolute Gasteiger partial charge is 0.493 e. The lowest BCUT2D eigenvalue weighted by molar-refractivity contribution is 0.104. The molecule has 132 valence electrons. The van der Waals surface area contributed by atoms with Gasteiger partial charge in [-0.2, -0.15) is 0 Å². The van der Waals surface area contributed by atoms with E-state index in [1.54, 1.807) is 31.4 Å². The van der Waals surface area contributed by atoms with Crippen LogP contribution in [-0.2, 0) is 0 Å². The molecule has 0 aliphatic rings. The number of halogens is 1. The summed E-state index contributed by atoms with van der Waals surface area (Å²) in [5.74, 6) is 2.31. The van der Waals surface area contributed by atoms with Gasteiger partial charge < -0.3 is 13.9 Å². The van der Waals surface area contributed by atoms with E-state index >= 15 is 0 Å². The summed E-state index contributed by atoms with van der Waals surface area (Å²) in [6.07, 6.45) is 3.13. The van der Waals surface area contributed by atoms with Gasteiger partial charge in [-0.05, 0) is 54.6 Å². The molecule has 0 bridgehead atoms. The standard InChI is InChI=1S/C21H17BrO4/c1-24-20-11-5-15(13-21(20)25-2)18(23)10-8-17-9-12-19(26-17)14-3-6-16(22)7-4-14/h3-13H,1-2H3/b10-8+. The maximum absolute atomic E-state index is 12.4. The summed E-state index contributed by atoms with van der Waals surface area (Å²) in [6, 6.07) is 16.6. The molecule has 1 heterocycles. The van der Waals surface area contributed by atoms with Crippen molar-refractivity contribution in [2.75, 3.05) is 14.2 Å². The summed E-state index contributed by atoms with van der Waals surface area (Å²) in [5, 5.41) is 0. The zero-order chi connectivity index (χ0) is 18.5. The Hall–Kier alpha value is -2.79. The molecular formula is C21H17BrO4. The third kappa shape index (κ3) is 4.06. The summed E-state index contributed by atoms with van der Waals surface area (Å²) >= 11 is 3.41. The molecule has 26 heavy (non-hydrogen) atoms. The Morgan fingerprint density at radius 3 is 2.38 bits per heavy atom. The number of hydrogen-bond donors (Lipinski definition) is 0. The minimum absolute atomic E-state index is 0.146. The highest BCUT2D eigenvalue weighted by Gasteiger charge is 2.09. The average molecular weight is 413 g/mol. The Balaban J connectivity index is 1.76. The van der Waals surface area contributed by atoms with Gasteiger partial charge in [-0.1, -0.05) is 28.1 Å². The number of hydrogen-bond acceptors (Lipinski definition) is 4. The normalized spacial score (nSPS) is 10.9. The molecule has 3 aromatic rings. The second-order valence-corrected chi connectivity index (χ2v) is 6.39. The number of ether oxygens (including phenoxy) is 2. The number of carbonyl (C=O) groups is 1. The topological polar surface area (TPSA) is 48.7 Å². The van der Waals surface area contributed by atoms with Gasteiger partial charge in [-0.15, -0.1) is 0 Å². The molecule has 0 saturated carbocycles. The van der Waals surface area contributed by atoms with Gasteiger partial charge in [0.25, 0.3) is 0 Å². The van der Waals surface area contributed by atoms with Crippen molar-refractivity contribution in [2.45, 2.75) is 0 Å². The maximum Gasteiger partial charge on any atom is 0.186 e. The quantitative estimate of drug-likeness (QED) is 0.389. The number of carbonyl (C=O) groups excluding carboxylic acids is 1. The van der Waals surface area contributed by atoms with Crippen molar-refractivity contribution in [2.24, 2.45) is 0 Å². The Bertz CT molecular complexity index is 939. The molecule has 0 fully saturated rings. The summed E-state index contributed by atoms with van der Waals surface area (Å²) < 4.78 is 17.2. The summed E-state index contributed by atoms with van der Waals surface area (Å²) in [5.41, 5.74) is 1.48. The van der Waals surface area contributed by atoms with E-state index in [2.05, 4.69) is 15.9 Å². The first-order chi connectivity index (χ1) is 12.6. The molecule has 0 amide bonds. The molecule has 0 N–H and O–H groups in total. The lowest BCUT2D eigenvalue weighted by Crippen LogP contribution is -1.97. The van der Waals surface area contributed by atoms with Crippen molar-refractivity contribution in [3.05, 3.63) is 76.5 Å². The molecule has 2 aromatic carbocycles. The van der Waals surface area contributed by atoms with Crippen LogP contribution in [0.4, 0.5) is 0 Å². The molecule has 3 rings (SSSR count). The van der Waals surface area contributed by atoms with E-state index in [1.165, 1.54) is 13.2 Å². The number of furan rings is 1. The highest BCUT2D eigenvalue weighted by Crippen LogP contribution is 2.28. The van der Waals surface area contributed by atoms with Crippen molar-refractivity contribution in [3.63, 3.8) is 0 Å². The molecule has 0 saturated heterocycles. The lowest BCUT2D eigenvalue weighted by atomic mass is 10.1. The minimum atomic E-state index is -0.146. The number of benzene rings is 2. The van der Waals surface area contributed by atoms with Gasteiger partial charge in [0, 0.05) is 15.6 Å². The molecule has 0 aliphatic heterocycles. The fourth-order valence-corrected chi connectivity index (χ4v) is 2.72. The van der Waals surface area contributed by atoms with Crippen LogP contribution in [0.25, 0.3) is 17.4 Å². The number of methoxy groups -OCH3 is 2. The summed E-state index contributed by atoms with van der Waals surface area (Å²) in [6.45, 7) is 0. The SMILES string of the molecule is COc1ccc(C(=O)/C=C/c2ccc(-c3ccc(Br)cc3)o2)cc1OC. The smallest absolute Gasteiger partial charge is 0.186 e. The van der Waals surface area contributed by atoms with E-state index in [1.807, 2.05) is 36.4 Å². The van der Waals surface area contributed by atoms with Gasteiger partial charge in [0.15, 0.2) is 17.3 Å². The fraction of sp³-hybridized carbons (Fsp3) is 0.0952. The van der Waals surface area contributed by atoms with Crippen LogP contribution in [0.2, 0.25) is 0 Å². The molecule has 1 aromatic heterocycles. The predicted molar refractivity (Wildman–Crippen MR) is 105 cm³/mol. The van der Waals surface area contributed by atoms with E-state index < -0.39 is 0 Å². The average Bonchev–Trinajstić information content (AvgIpc) is 3.15. The van der Waals surface area contributed by atoms with Crippen molar-refractivity contribution in [1.29, 1.82) is 0 Å². The van der Waals surface area contributed by atoms with Crippen LogP contribution >= 0.6 is 15.9 Å². The third-order valence-electron chi connectivity index (χ3n) is 3.82. The highest BCUT2D eigenvalue weighted by atomic mass is 79.9. The first-order valence-corrected chi connectivity index (χ1v) is 8.70. The number of rotatable bonds is 6. The zero-order valence-corrected chi connectivity index (χ0v) is 15.9. The van der Waals surface area contributed by atoms with Gasteiger partial charge in [-0.3, -0.25) is 4.79 Å². The van der Waals surface area contributed by atoms with Crippen LogP contribution in [-0.4, -0.2) is 20.0 Å². The molecule has 0 radical (unpaired) electrons. The summed E-state index contributed by atoms with van der Waals surface area (Å²) in [7, 11) is 3.09. The molecule has 0 spiro atoms. The van der Waals surface area contributed by atoms with Crippen LogP contribution in [0.3, 0.4) is 0 Å². The first-order valence-electron chi connectivity index (χ1n) is 7.91. The van der Waals surface area contributed by atoms with Crippen LogP contribution < -0.4 is 9.47 Å². The van der Waals surface area contributed by atoms with Crippen molar-refractivity contribution >= 4 is 27.8 Å². The van der Waals surface area contributed by atoms with Crippen LogP contribution in [0.1, 0.15) is 16.1 Å². The minimum Gasteiger partial charge on any atom is -0.493 e. The van der Waals surface area contributed by atoms with Crippen LogP contribution in [0.15, 0.2) is 69.6 Å². The van der Waals surface area contributed by atoms with E-state index in [0.29, 0.717) is 22.8 Å². The Morgan fingerprint density at radius 1 is 0.962 bits per heavy atom. The predicted octanol–water partition coefficient (Wildman–Crippen LogP) is 5.62. The highest BCUT2D eigenvalue weighted by molar-refractivity contribution is 9.10. The second kappa shape index (κ2) is 8.06. The first kappa shape index (κ1) is 18.0. The molecule has 0 aliphatic carbocycles. The Labute approximate surface area is 160 Å². The number of allylic oxidation sites excluding steroid dienone is 1. The Kier molecular flexibility index (Phi) is 5.58. The summed E-state index contributed by atoms with van der Waals surface area (Å²) in [4.78, 5) is 12.4. The van der Waals surface area contributed by atoms with Gasteiger partial charge in [0.1, 0.15) is 11.5 Å². The molecule has 4 nitrogen and oxygen atoms in total. The molecular weight excluding hydrogens is 396 g/mol. The van der Waals surface area contributed by atoms with Gasteiger partial charge in [0.05, 0.1) is 14.2 Å². The molecule has 5 heteroatoms. The van der Waals surface area contributed by atoms with Gasteiger partial charge in [0.2, 0.25) is 0 Å².